The number of carbonyl (C=O) groups is 1. The van der Waals surface area contributed by atoms with Crippen LogP contribution in [0.15, 0.2) is 42.5 Å². The van der Waals surface area contributed by atoms with Crippen LogP contribution in [0.5, 0.6) is 11.5 Å². The van der Waals surface area contributed by atoms with Crippen LogP contribution in [0.2, 0.25) is 0 Å². The number of fused-ring (bicyclic) bond motifs is 4. The van der Waals surface area contributed by atoms with E-state index in [9.17, 15) is 20.1 Å². The minimum atomic E-state index is -0.934. The number of aliphatic hydroxyl groups excluding tert-OH is 1. The minimum absolute atomic E-state index is 0.0223. The van der Waals surface area contributed by atoms with Crippen molar-refractivity contribution in [3.63, 3.8) is 0 Å². The summed E-state index contributed by atoms with van der Waals surface area (Å²) >= 11 is -0.397. The Balaban J connectivity index is 1.04. The standard InChI is InChI=1S/C31H42IN3O6/c36-24-14-25(30-26(15-24)34-29(38)18-40-30)27(37)16-33-32-20-35-12-10-21(11-13-35)28(17-35)41-19-31(39,23-8-4-5-9-23)22-6-2-1-3-7-22/h1-3,6-7,14-15,21,23,27-28,33,36-37,39H,4-5,8-13,16-20H2,(H,34,38). The van der Waals surface area contributed by atoms with Crippen molar-refractivity contribution in [1.82, 2.24) is 3.53 Å². The van der Waals surface area contributed by atoms with E-state index in [2.05, 4.69) is 8.85 Å². The Morgan fingerprint density at radius 1 is 1.15 bits per heavy atom. The number of piperidine rings is 3. The molecule has 4 heterocycles. The van der Waals surface area contributed by atoms with Crippen molar-refractivity contribution in [1.29, 1.82) is 0 Å². The van der Waals surface area contributed by atoms with Gasteiger partial charge in [-0.3, -0.25) is 0 Å². The molecule has 9 nitrogen and oxygen atoms in total. The van der Waals surface area contributed by atoms with Crippen LogP contribution >= 0.6 is 0 Å². The number of quaternary nitrogens is 1. The third kappa shape index (κ3) is 6.23. The van der Waals surface area contributed by atoms with Gasteiger partial charge in [0.15, 0.2) is 0 Å². The van der Waals surface area contributed by atoms with Crippen LogP contribution in [0, 0.1) is 11.8 Å². The van der Waals surface area contributed by atoms with Crippen molar-refractivity contribution in [3.05, 3.63) is 53.6 Å². The summed E-state index contributed by atoms with van der Waals surface area (Å²) in [5.41, 5.74) is 0.907. The molecule has 10 heteroatoms. The van der Waals surface area contributed by atoms with Crippen LogP contribution in [0.25, 0.3) is 0 Å². The zero-order chi connectivity index (χ0) is 28.5. The fraction of sp³-hybridized carbons (Fsp3) is 0.581. The molecular weight excluding hydrogens is 637 g/mol. The van der Waals surface area contributed by atoms with Crippen LogP contribution in [0.4, 0.5) is 5.69 Å². The summed E-state index contributed by atoms with van der Waals surface area (Å²) in [4.78, 5) is 11.7. The number of nitrogens with zero attached hydrogens (tertiary/aromatic N) is 1. The van der Waals surface area contributed by atoms with E-state index in [1.807, 2.05) is 30.3 Å². The molecule has 4 fully saturated rings. The third-order valence-corrected chi connectivity index (χ3v) is 12.4. The Kier molecular flexibility index (Phi) is 8.76. The Labute approximate surface area is 252 Å². The molecule has 1 aliphatic carbocycles. The van der Waals surface area contributed by atoms with E-state index in [0.717, 1.165) is 59.9 Å². The van der Waals surface area contributed by atoms with Gasteiger partial charge in [0, 0.05) is 0 Å². The molecule has 0 spiro atoms. The van der Waals surface area contributed by atoms with Gasteiger partial charge in [-0.25, -0.2) is 0 Å². The van der Waals surface area contributed by atoms with Crippen molar-refractivity contribution >= 4 is 11.6 Å². The van der Waals surface area contributed by atoms with E-state index in [0.29, 0.717) is 36.1 Å². The molecule has 0 radical (unpaired) electrons. The van der Waals surface area contributed by atoms with E-state index < -0.39 is 33.2 Å². The summed E-state index contributed by atoms with van der Waals surface area (Å²) in [5.74, 6) is 0.921. The number of alkyl halides is 1. The molecule has 3 unspecified atom stereocenters. The second-order valence-corrected chi connectivity index (χ2v) is 14.5. The van der Waals surface area contributed by atoms with Crippen molar-refractivity contribution in [2.75, 3.05) is 49.3 Å². The number of halogens is 1. The molecule has 2 bridgehead atoms. The fourth-order valence-electron chi connectivity index (χ4n) is 7.25. The van der Waals surface area contributed by atoms with Gasteiger partial charge >= 0.3 is 253 Å². The number of rotatable bonds is 11. The van der Waals surface area contributed by atoms with Gasteiger partial charge in [0.2, 0.25) is 0 Å². The first kappa shape index (κ1) is 29.1. The van der Waals surface area contributed by atoms with Crippen LogP contribution in [0.3, 0.4) is 0 Å². The van der Waals surface area contributed by atoms with Crippen LogP contribution in [0.1, 0.15) is 55.8 Å². The molecule has 3 saturated heterocycles. The average molecular weight is 680 g/mol. The summed E-state index contributed by atoms with van der Waals surface area (Å²) in [6.45, 7) is 3.91. The van der Waals surface area contributed by atoms with Gasteiger partial charge in [-0.1, -0.05) is 0 Å². The number of aliphatic hydroxyl groups is 2. The number of nitrogens with one attached hydrogen (secondary N) is 2. The number of ether oxygens (including phenoxy) is 2. The van der Waals surface area contributed by atoms with Gasteiger partial charge in [-0.05, 0) is 0 Å². The normalized spacial score (nSPS) is 28.1. The Morgan fingerprint density at radius 2 is 1.90 bits per heavy atom. The SMILES string of the molecule is O=C1COc2c(cc(O)cc2C(O)CN[I-]C[N+]23CCC(CC2)C(OCC(O)(c2ccccc2)C2CCCC2)C3)N1. The molecule has 0 aromatic heterocycles. The number of aromatic hydroxyl groups is 1. The van der Waals surface area contributed by atoms with E-state index in [1.54, 1.807) is 0 Å². The van der Waals surface area contributed by atoms with E-state index >= 15 is 0 Å². The second kappa shape index (κ2) is 12.3. The van der Waals surface area contributed by atoms with Gasteiger partial charge in [-0.15, -0.1) is 0 Å². The first-order valence-electron chi connectivity index (χ1n) is 14.9. The quantitative estimate of drug-likeness (QED) is 0.0568. The van der Waals surface area contributed by atoms with Crippen molar-refractivity contribution in [2.45, 2.75) is 56.3 Å². The van der Waals surface area contributed by atoms with Crippen LogP contribution < -0.4 is 35.1 Å². The average Bonchev–Trinajstić information content (AvgIpc) is 3.54. The first-order chi connectivity index (χ1) is 19.9. The molecule has 5 aliphatic rings. The maximum absolute atomic E-state index is 12.0. The monoisotopic (exact) mass is 679 g/mol. The van der Waals surface area contributed by atoms with Crippen molar-refractivity contribution in [2.24, 2.45) is 11.8 Å². The maximum atomic E-state index is 12.0. The molecule has 7 rings (SSSR count). The Morgan fingerprint density at radius 3 is 2.66 bits per heavy atom. The number of hydrogen-bond donors (Lipinski definition) is 5. The molecule has 41 heavy (non-hydrogen) atoms. The summed E-state index contributed by atoms with van der Waals surface area (Å²) in [7, 11) is 0. The Hall–Kier alpha value is -1.96. The number of amides is 1. The molecular formula is C31H42IN3O6. The van der Waals surface area contributed by atoms with E-state index in [-0.39, 0.29) is 30.3 Å². The number of hydrogen-bond acceptors (Lipinski definition) is 7. The van der Waals surface area contributed by atoms with Crippen LogP contribution in [-0.2, 0) is 15.1 Å². The molecule has 224 valence electrons. The molecule has 2 aromatic rings. The Bertz CT molecular complexity index is 1220. The van der Waals surface area contributed by atoms with Gasteiger partial charge in [0.05, 0.1) is 0 Å². The zero-order valence-corrected chi connectivity index (χ0v) is 25.6. The molecule has 1 amide bonds. The van der Waals surface area contributed by atoms with Gasteiger partial charge in [0.25, 0.3) is 0 Å². The number of benzene rings is 2. The van der Waals surface area contributed by atoms with Gasteiger partial charge in [-0.2, -0.15) is 0 Å². The molecule has 5 N–H and O–H groups in total. The molecule has 4 aliphatic heterocycles. The summed E-state index contributed by atoms with van der Waals surface area (Å²) in [6.07, 6.45) is 6.07. The van der Waals surface area contributed by atoms with E-state index in [4.69, 9.17) is 9.47 Å². The summed E-state index contributed by atoms with van der Waals surface area (Å²) in [5, 5.41) is 35.7. The summed E-state index contributed by atoms with van der Waals surface area (Å²) in [6, 6.07) is 13.1. The molecule has 2 aromatic carbocycles. The fourth-order valence-corrected chi connectivity index (χ4v) is 9.90. The first-order valence-corrected chi connectivity index (χ1v) is 17.5. The van der Waals surface area contributed by atoms with Crippen molar-refractivity contribution < 1.29 is 55.5 Å². The van der Waals surface area contributed by atoms with Gasteiger partial charge in [0.1, 0.15) is 0 Å². The summed E-state index contributed by atoms with van der Waals surface area (Å²) < 4.78 is 17.8. The third-order valence-electron chi connectivity index (χ3n) is 9.62. The second-order valence-electron chi connectivity index (χ2n) is 12.3. The van der Waals surface area contributed by atoms with Crippen LogP contribution in [-0.4, -0.2) is 75.8 Å². The zero-order valence-electron chi connectivity index (χ0n) is 23.4. The van der Waals surface area contributed by atoms with E-state index in [1.165, 1.54) is 25.0 Å². The number of phenols is 1. The predicted molar refractivity (Wildman–Crippen MR) is 150 cm³/mol. The number of carbonyl (C=O) groups excluding carboxylic acids is 1. The number of phenolic OH excluding ortho intramolecular Hbond substituents is 1. The predicted octanol–water partition coefficient (Wildman–Crippen LogP) is 0.0112. The number of anilines is 1. The molecule has 1 saturated carbocycles. The topological polar surface area (TPSA) is 120 Å². The molecule has 3 atom stereocenters. The van der Waals surface area contributed by atoms with Gasteiger partial charge < -0.3 is 0 Å². The van der Waals surface area contributed by atoms with Crippen molar-refractivity contribution in [3.8, 4) is 11.5 Å².